The number of esters is 1. The van der Waals surface area contributed by atoms with Crippen molar-refractivity contribution in [2.45, 2.75) is 105 Å². The molecule has 4 aliphatic carbocycles. The predicted molar refractivity (Wildman–Crippen MR) is 121 cm³/mol. The summed E-state index contributed by atoms with van der Waals surface area (Å²) in [5, 5.41) is 0. The number of hydrogen-bond acceptors (Lipinski definition) is 4. The van der Waals surface area contributed by atoms with Crippen molar-refractivity contribution in [1.82, 2.24) is 0 Å². The zero-order valence-corrected chi connectivity index (χ0v) is 20.4. The second-order valence-corrected chi connectivity index (χ2v) is 11.4. The number of allylic oxidation sites excluding steroid dienone is 3. The van der Waals surface area contributed by atoms with Gasteiger partial charge in [-0.2, -0.15) is 0 Å². The number of rotatable bonds is 4. The quantitative estimate of drug-likeness (QED) is 0.531. The molecule has 2 fully saturated rings. The Kier molecular flexibility index (Phi) is 5.56. The zero-order chi connectivity index (χ0) is 22.8. The maximum atomic E-state index is 12.9. The van der Waals surface area contributed by atoms with Crippen LogP contribution in [-0.2, 0) is 19.1 Å². The third-order valence-electron chi connectivity index (χ3n) is 9.39. The third kappa shape index (κ3) is 3.27. The molecule has 31 heavy (non-hydrogen) atoms. The Morgan fingerprint density at radius 2 is 1.68 bits per heavy atom. The molecule has 4 rings (SSSR count). The molecule has 0 aromatic carbocycles. The van der Waals surface area contributed by atoms with Gasteiger partial charge in [-0.25, -0.2) is 0 Å². The van der Waals surface area contributed by atoms with Crippen LogP contribution in [0.1, 0.15) is 87.0 Å². The maximum Gasteiger partial charge on any atom is 0.303 e. The molecule has 0 aromatic rings. The molecule has 0 saturated heterocycles. The minimum atomic E-state index is -0.962. The number of fused-ring (bicyclic) bond motifs is 5. The van der Waals surface area contributed by atoms with Gasteiger partial charge >= 0.3 is 5.97 Å². The van der Waals surface area contributed by atoms with Crippen LogP contribution in [0.25, 0.3) is 0 Å². The smallest absolute Gasteiger partial charge is 0.303 e. The van der Waals surface area contributed by atoms with Crippen molar-refractivity contribution in [2.24, 2.45) is 28.6 Å². The molecule has 0 radical (unpaired) electrons. The van der Waals surface area contributed by atoms with Crippen LogP contribution < -0.4 is 0 Å². The standard InChI is InChI=1S/C27H40O4/c1-16(2)30-20-8-11-25(6)22-9-12-26(7)23(21(22)14-17(3)24(25)15-20)10-13-27(26,18(4)28)31-19(5)29/h14-16,20-23H,8-13H2,1-7H3/t20-,21+,22-,23-,25+,26-,27-/m0/s1. The Morgan fingerprint density at radius 1 is 1.00 bits per heavy atom. The third-order valence-corrected chi connectivity index (χ3v) is 9.39. The topological polar surface area (TPSA) is 52.6 Å². The van der Waals surface area contributed by atoms with Crippen molar-refractivity contribution >= 4 is 11.8 Å². The lowest BCUT2D eigenvalue weighted by Crippen LogP contribution is -2.58. The highest BCUT2D eigenvalue weighted by atomic mass is 16.6. The molecule has 4 aliphatic rings. The molecule has 0 unspecified atom stereocenters. The van der Waals surface area contributed by atoms with Gasteiger partial charge < -0.3 is 9.47 Å². The van der Waals surface area contributed by atoms with E-state index in [-0.39, 0.29) is 34.8 Å². The number of hydrogen-bond donors (Lipinski definition) is 0. The van der Waals surface area contributed by atoms with Gasteiger partial charge in [-0.05, 0) is 95.0 Å². The van der Waals surface area contributed by atoms with Crippen LogP contribution in [0.2, 0.25) is 0 Å². The van der Waals surface area contributed by atoms with Gasteiger partial charge in [-0.1, -0.05) is 31.6 Å². The van der Waals surface area contributed by atoms with Crippen molar-refractivity contribution in [1.29, 1.82) is 0 Å². The molecular formula is C27H40O4. The van der Waals surface area contributed by atoms with Gasteiger partial charge in [-0.15, -0.1) is 0 Å². The van der Waals surface area contributed by atoms with Crippen LogP contribution in [0.5, 0.6) is 0 Å². The van der Waals surface area contributed by atoms with Crippen molar-refractivity contribution in [3.8, 4) is 0 Å². The van der Waals surface area contributed by atoms with Crippen LogP contribution in [0.3, 0.4) is 0 Å². The summed E-state index contributed by atoms with van der Waals surface area (Å²) in [6, 6.07) is 0. The molecule has 0 bridgehead atoms. The minimum absolute atomic E-state index is 0.0146. The molecule has 0 heterocycles. The molecule has 0 spiro atoms. The Morgan fingerprint density at radius 3 is 2.29 bits per heavy atom. The van der Waals surface area contributed by atoms with E-state index in [4.69, 9.17) is 9.47 Å². The normalized spacial score (nSPS) is 44.0. The van der Waals surface area contributed by atoms with Gasteiger partial charge in [-0.3, -0.25) is 9.59 Å². The first-order chi connectivity index (χ1) is 14.4. The SMILES string of the molecule is CC(=O)O[C@]1(C(C)=O)CC[C@H]2[C@@H]3C=C(C)C4=C[C@@H](OC(C)C)CC[C@]4(C)[C@H]3CC[C@@]21C. The molecule has 0 aliphatic heterocycles. The predicted octanol–water partition coefficient (Wildman–Crippen LogP) is 5.80. The monoisotopic (exact) mass is 428 g/mol. The minimum Gasteiger partial charge on any atom is -0.451 e. The van der Waals surface area contributed by atoms with Gasteiger partial charge in [0.25, 0.3) is 0 Å². The second-order valence-electron chi connectivity index (χ2n) is 11.4. The van der Waals surface area contributed by atoms with E-state index in [1.807, 2.05) is 0 Å². The molecule has 0 amide bonds. The Bertz CT molecular complexity index is 838. The fourth-order valence-corrected chi connectivity index (χ4v) is 8.07. The summed E-state index contributed by atoms with van der Waals surface area (Å²) in [4.78, 5) is 24.9. The lowest BCUT2D eigenvalue weighted by atomic mass is 9.47. The summed E-state index contributed by atoms with van der Waals surface area (Å²) >= 11 is 0. The summed E-state index contributed by atoms with van der Waals surface area (Å²) in [5.41, 5.74) is 1.75. The molecular weight excluding hydrogens is 388 g/mol. The highest BCUT2D eigenvalue weighted by Gasteiger charge is 2.67. The van der Waals surface area contributed by atoms with Gasteiger partial charge in [0.2, 0.25) is 0 Å². The average molecular weight is 429 g/mol. The van der Waals surface area contributed by atoms with Crippen molar-refractivity contribution in [2.75, 3.05) is 0 Å². The summed E-state index contributed by atoms with van der Waals surface area (Å²) in [6.07, 6.45) is 11.2. The van der Waals surface area contributed by atoms with Gasteiger partial charge in [0.1, 0.15) is 0 Å². The van der Waals surface area contributed by atoms with E-state index in [1.165, 1.54) is 18.1 Å². The van der Waals surface area contributed by atoms with E-state index in [0.717, 1.165) is 32.1 Å². The van der Waals surface area contributed by atoms with Crippen LogP contribution in [0.15, 0.2) is 23.3 Å². The first-order valence-electron chi connectivity index (χ1n) is 12.2. The fraction of sp³-hybridized carbons (Fsp3) is 0.778. The number of ketones is 1. The Balaban J connectivity index is 1.72. The summed E-state index contributed by atoms with van der Waals surface area (Å²) < 4.78 is 12.0. The Hall–Kier alpha value is -1.42. The van der Waals surface area contributed by atoms with Crippen molar-refractivity contribution in [3.63, 3.8) is 0 Å². The molecule has 7 atom stereocenters. The van der Waals surface area contributed by atoms with E-state index >= 15 is 0 Å². The number of ether oxygens (including phenoxy) is 2. The van der Waals surface area contributed by atoms with Crippen LogP contribution >= 0.6 is 0 Å². The first kappa shape index (κ1) is 22.8. The molecule has 0 N–H and O–H groups in total. The number of carbonyl (C=O) groups is 2. The second kappa shape index (κ2) is 7.57. The van der Waals surface area contributed by atoms with Gasteiger partial charge in [0, 0.05) is 12.3 Å². The molecule has 0 aromatic heterocycles. The largest absolute Gasteiger partial charge is 0.451 e. The van der Waals surface area contributed by atoms with Gasteiger partial charge in [0.05, 0.1) is 12.2 Å². The van der Waals surface area contributed by atoms with Crippen LogP contribution in [0, 0.1) is 28.6 Å². The highest BCUT2D eigenvalue weighted by Crippen LogP contribution is 2.68. The average Bonchev–Trinajstić information content (AvgIpc) is 2.96. The van der Waals surface area contributed by atoms with E-state index in [9.17, 15) is 9.59 Å². The summed E-state index contributed by atoms with van der Waals surface area (Å²) in [7, 11) is 0. The molecule has 172 valence electrons. The summed E-state index contributed by atoms with van der Waals surface area (Å²) in [5.74, 6) is 1.05. The van der Waals surface area contributed by atoms with E-state index < -0.39 is 5.60 Å². The summed E-state index contributed by atoms with van der Waals surface area (Å²) in [6.45, 7) is 14.2. The fourth-order valence-electron chi connectivity index (χ4n) is 8.07. The van der Waals surface area contributed by atoms with Crippen LogP contribution in [-0.4, -0.2) is 29.6 Å². The van der Waals surface area contributed by atoms with Gasteiger partial charge in [0.15, 0.2) is 11.4 Å². The Labute approximate surface area is 187 Å². The van der Waals surface area contributed by atoms with Crippen molar-refractivity contribution in [3.05, 3.63) is 23.3 Å². The van der Waals surface area contributed by atoms with E-state index in [2.05, 4.69) is 46.8 Å². The maximum absolute atomic E-state index is 12.9. The lowest BCUT2D eigenvalue weighted by molar-refractivity contribution is -0.185. The van der Waals surface area contributed by atoms with Crippen LogP contribution in [0.4, 0.5) is 0 Å². The molecule has 4 nitrogen and oxygen atoms in total. The highest BCUT2D eigenvalue weighted by molar-refractivity contribution is 5.89. The number of Topliss-reactive ketones (excluding diaryl/α,β-unsaturated/α-hetero) is 1. The van der Waals surface area contributed by atoms with Crippen molar-refractivity contribution < 1.29 is 19.1 Å². The first-order valence-corrected chi connectivity index (χ1v) is 12.2. The lowest BCUT2D eigenvalue weighted by Gasteiger charge is -2.58. The zero-order valence-electron chi connectivity index (χ0n) is 20.4. The molecule has 2 saturated carbocycles. The van der Waals surface area contributed by atoms with E-state index in [1.54, 1.807) is 6.92 Å². The van der Waals surface area contributed by atoms with E-state index in [0.29, 0.717) is 24.2 Å². The molecule has 4 heteroatoms. The number of carbonyl (C=O) groups excluding carboxylic acids is 2.